The summed E-state index contributed by atoms with van der Waals surface area (Å²) in [5, 5.41) is 0. The zero-order chi connectivity index (χ0) is 15.7. The van der Waals surface area contributed by atoms with Gasteiger partial charge in [0.25, 0.3) is 0 Å². The fourth-order valence-corrected chi connectivity index (χ4v) is 2.42. The van der Waals surface area contributed by atoms with Gasteiger partial charge in [-0.05, 0) is 24.0 Å². The fourth-order valence-electron chi connectivity index (χ4n) is 2.42. The van der Waals surface area contributed by atoms with E-state index in [9.17, 15) is 0 Å². The van der Waals surface area contributed by atoms with Gasteiger partial charge >= 0.3 is 17.1 Å². The molecule has 1 aromatic heterocycles. The van der Waals surface area contributed by atoms with Crippen LogP contribution in [-0.2, 0) is 26.5 Å². The predicted molar refractivity (Wildman–Crippen MR) is 86.5 cm³/mol. The summed E-state index contributed by atoms with van der Waals surface area (Å²) in [7, 11) is 0. The van der Waals surface area contributed by atoms with E-state index >= 15 is 0 Å². The van der Waals surface area contributed by atoms with Crippen molar-refractivity contribution < 1.29 is 51.4 Å². The summed E-state index contributed by atoms with van der Waals surface area (Å²) < 4.78 is 11.4. The second-order valence-electron chi connectivity index (χ2n) is 6.52. The molecule has 1 aromatic rings. The van der Waals surface area contributed by atoms with Crippen LogP contribution < -0.4 is 24.8 Å². The number of rotatable bonds is 4. The molecule has 0 bridgehead atoms. The molecule has 0 aromatic carbocycles. The van der Waals surface area contributed by atoms with Gasteiger partial charge in [-0.1, -0.05) is 33.8 Å². The summed E-state index contributed by atoms with van der Waals surface area (Å²) in [6, 6.07) is 6.21. The first-order valence-corrected chi connectivity index (χ1v) is 7.93. The molecule has 0 saturated carbocycles. The van der Waals surface area contributed by atoms with Crippen molar-refractivity contribution in [1.29, 1.82) is 0 Å². The Kier molecular flexibility index (Phi) is 10.0. The van der Waals surface area contributed by atoms with Gasteiger partial charge in [0, 0.05) is 0 Å². The van der Waals surface area contributed by atoms with Crippen LogP contribution in [0.1, 0.15) is 39.1 Å². The molecule has 0 saturated heterocycles. The third-order valence-corrected chi connectivity index (χ3v) is 4.07. The predicted octanol–water partition coefficient (Wildman–Crippen LogP) is -3.31. The molecule has 2 atom stereocenters. The molecule has 0 aliphatic carbocycles. The minimum atomic E-state index is 0. The van der Waals surface area contributed by atoms with Crippen LogP contribution in [0.15, 0.2) is 28.2 Å². The first-order chi connectivity index (χ1) is 10.5. The summed E-state index contributed by atoms with van der Waals surface area (Å²) in [6.07, 6.45) is 0. The van der Waals surface area contributed by atoms with Crippen LogP contribution in [0, 0.1) is 11.8 Å². The van der Waals surface area contributed by atoms with Gasteiger partial charge in [-0.25, -0.2) is 15.0 Å². The van der Waals surface area contributed by atoms with Crippen molar-refractivity contribution in [2.75, 3.05) is 13.2 Å². The van der Waals surface area contributed by atoms with Crippen molar-refractivity contribution in [2.24, 2.45) is 21.8 Å². The number of halogens is 2. The van der Waals surface area contributed by atoms with Crippen molar-refractivity contribution in [2.45, 2.75) is 39.8 Å². The molecule has 0 unspecified atom stereocenters. The maximum Gasteiger partial charge on any atom is 2.00 e. The Labute approximate surface area is 172 Å². The Hall–Kier alpha value is -0.811. The van der Waals surface area contributed by atoms with E-state index in [0.717, 1.165) is 11.4 Å². The number of pyridine rings is 1. The molecule has 0 fully saturated rings. The molecule has 0 N–H and O–H groups in total. The summed E-state index contributed by atoms with van der Waals surface area (Å²) in [5.41, 5.74) is 1.50. The van der Waals surface area contributed by atoms with Crippen LogP contribution in [0.5, 0.6) is 0 Å². The third-order valence-electron chi connectivity index (χ3n) is 4.07. The topological polar surface area (TPSA) is 56.1 Å². The quantitative estimate of drug-likeness (QED) is 0.473. The van der Waals surface area contributed by atoms with Gasteiger partial charge in [-0.15, -0.1) is 0 Å². The van der Waals surface area contributed by atoms with Crippen LogP contribution in [0.2, 0.25) is 0 Å². The van der Waals surface area contributed by atoms with Gasteiger partial charge in [-0.3, -0.25) is 0 Å². The minimum Gasteiger partial charge on any atom is -1.00 e. The van der Waals surface area contributed by atoms with E-state index in [4.69, 9.17) is 9.47 Å². The first kappa shape index (κ1) is 24.2. The normalized spacial score (nSPS) is 21.4. The van der Waals surface area contributed by atoms with Gasteiger partial charge in [0.05, 0.1) is 12.1 Å². The summed E-state index contributed by atoms with van der Waals surface area (Å²) >= 11 is 0. The molecule has 140 valence electrons. The van der Waals surface area contributed by atoms with Crippen LogP contribution in [-0.4, -0.2) is 42.1 Å². The summed E-state index contributed by atoms with van der Waals surface area (Å²) in [4.78, 5) is 13.9. The van der Waals surface area contributed by atoms with Crippen molar-refractivity contribution in [3.63, 3.8) is 0 Å². The second kappa shape index (κ2) is 10.4. The van der Waals surface area contributed by atoms with Gasteiger partial charge < -0.3 is 34.3 Å². The van der Waals surface area contributed by atoms with E-state index in [-0.39, 0.29) is 54.0 Å². The zero-order valence-corrected chi connectivity index (χ0v) is 17.3. The number of nitrogens with zero attached hydrogens (tertiary/aromatic N) is 3. The molecule has 2 aliphatic heterocycles. The van der Waals surface area contributed by atoms with Crippen LogP contribution >= 0.6 is 0 Å². The van der Waals surface area contributed by atoms with Gasteiger partial charge in [-0.2, -0.15) is 0 Å². The SMILES string of the molecule is CC(C)[C@@H]1COC(c2cccc(C3=N[C@H](C(C)C)CO3)n2)=N1.[Cl-].[Cl-].[Fe+2]. The van der Waals surface area contributed by atoms with Crippen LogP contribution in [0.25, 0.3) is 0 Å². The Morgan fingerprint density at radius 2 is 1.24 bits per heavy atom. The first-order valence-electron chi connectivity index (χ1n) is 7.93. The number of ether oxygens (including phenoxy) is 2. The van der Waals surface area contributed by atoms with E-state index in [0.29, 0.717) is 36.8 Å². The van der Waals surface area contributed by atoms with Crippen molar-refractivity contribution in [3.8, 4) is 0 Å². The zero-order valence-electron chi connectivity index (χ0n) is 14.7. The van der Waals surface area contributed by atoms with E-state index in [2.05, 4.69) is 42.7 Å². The Morgan fingerprint density at radius 1 is 0.840 bits per heavy atom. The van der Waals surface area contributed by atoms with Crippen LogP contribution in [0.4, 0.5) is 0 Å². The van der Waals surface area contributed by atoms with E-state index in [1.807, 2.05) is 18.2 Å². The minimum absolute atomic E-state index is 0. The number of aromatic nitrogens is 1. The monoisotopic (exact) mass is 427 g/mol. The second-order valence-corrected chi connectivity index (χ2v) is 6.52. The Balaban J connectivity index is 0.00000192. The summed E-state index contributed by atoms with van der Waals surface area (Å²) in [6.45, 7) is 9.86. The molecule has 25 heavy (non-hydrogen) atoms. The molecule has 5 nitrogen and oxygen atoms in total. The number of hydrogen-bond donors (Lipinski definition) is 0. The number of hydrogen-bond acceptors (Lipinski definition) is 5. The van der Waals surface area contributed by atoms with Gasteiger partial charge in [0.2, 0.25) is 11.8 Å². The molecule has 3 heterocycles. The number of aliphatic imine (C=N–C) groups is 2. The average Bonchev–Trinajstić information content (AvgIpc) is 3.17. The van der Waals surface area contributed by atoms with E-state index < -0.39 is 0 Å². The molecular formula is C17H23Cl2FeN3O2. The molecular weight excluding hydrogens is 405 g/mol. The maximum atomic E-state index is 5.70. The van der Waals surface area contributed by atoms with Crippen molar-refractivity contribution >= 4 is 11.8 Å². The fraction of sp³-hybridized carbons (Fsp3) is 0.588. The molecule has 0 spiro atoms. The van der Waals surface area contributed by atoms with Gasteiger partial charge in [0.15, 0.2) is 0 Å². The maximum absolute atomic E-state index is 5.70. The Bertz CT molecular complexity index is 574. The van der Waals surface area contributed by atoms with Gasteiger partial charge in [0.1, 0.15) is 24.6 Å². The molecule has 3 rings (SSSR count). The molecule has 2 aliphatic rings. The standard InChI is InChI=1S/C17H23N3O2.2ClH.Fe/c1-10(2)14-8-21-16(19-14)12-6-5-7-13(18-12)17-20-15(9-22-17)11(3)4;;;/h5-7,10-11,14-15H,8-9H2,1-4H3;2*1H;/q;;;+2/p-2/t14-,15-;;;/m0.../s1. The molecule has 8 heteroatoms. The van der Waals surface area contributed by atoms with Crippen molar-refractivity contribution in [3.05, 3.63) is 29.6 Å². The molecule has 0 radical (unpaired) electrons. The van der Waals surface area contributed by atoms with E-state index in [1.165, 1.54) is 0 Å². The average molecular weight is 428 g/mol. The van der Waals surface area contributed by atoms with Crippen LogP contribution in [0.3, 0.4) is 0 Å². The largest absolute Gasteiger partial charge is 2.00 e. The smallest absolute Gasteiger partial charge is 1.00 e. The Morgan fingerprint density at radius 3 is 1.56 bits per heavy atom. The van der Waals surface area contributed by atoms with Crippen molar-refractivity contribution in [1.82, 2.24) is 4.98 Å². The summed E-state index contributed by atoms with van der Waals surface area (Å²) in [5.74, 6) is 2.18. The molecule has 0 amide bonds. The van der Waals surface area contributed by atoms with E-state index in [1.54, 1.807) is 0 Å². The third kappa shape index (κ3) is 5.58.